The number of ketones is 1. The molecule has 0 N–H and O–H groups in total. The first kappa shape index (κ1) is 11.4. The molecule has 1 heterocycles. The highest BCUT2D eigenvalue weighted by Gasteiger charge is 2.23. The molecule has 1 aliphatic rings. The zero-order chi connectivity index (χ0) is 12.4. The molecule has 0 radical (unpaired) electrons. The van der Waals surface area contributed by atoms with Crippen LogP contribution in [0.15, 0.2) is 36.7 Å². The molecule has 1 fully saturated rings. The number of aromatic nitrogens is 1. The van der Waals surface area contributed by atoms with Gasteiger partial charge in [-0.05, 0) is 18.2 Å². The van der Waals surface area contributed by atoms with Gasteiger partial charge in [0.1, 0.15) is 0 Å². The fourth-order valence-corrected chi connectivity index (χ4v) is 2.90. The Kier molecular flexibility index (Phi) is 3.09. The van der Waals surface area contributed by atoms with Crippen molar-refractivity contribution >= 4 is 16.6 Å². The van der Waals surface area contributed by atoms with E-state index in [9.17, 15) is 4.79 Å². The van der Waals surface area contributed by atoms with Gasteiger partial charge >= 0.3 is 0 Å². The Labute approximate surface area is 107 Å². The van der Waals surface area contributed by atoms with Gasteiger partial charge in [0.15, 0.2) is 5.78 Å². The number of pyridine rings is 1. The summed E-state index contributed by atoms with van der Waals surface area (Å²) in [4.78, 5) is 16.8. The normalized spacial score (nSPS) is 16.9. The quantitative estimate of drug-likeness (QED) is 0.741. The lowest BCUT2D eigenvalue weighted by Gasteiger charge is -2.20. The number of Topliss-reactive ketones (excluding diaryl/α,β-unsaturated/α-hetero) is 1. The second-order valence-electron chi connectivity index (χ2n) is 5.11. The minimum atomic E-state index is 0.214. The van der Waals surface area contributed by atoms with Crippen LogP contribution in [0.25, 0.3) is 10.8 Å². The number of benzene rings is 1. The zero-order valence-electron chi connectivity index (χ0n) is 10.4. The van der Waals surface area contributed by atoms with Crippen LogP contribution in [0.1, 0.15) is 42.5 Å². The molecule has 0 atom stereocenters. The van der Waals surface area contributed by atoms with E-state index in [0.717, 1.165) is 29.2 Å². The Hall–Kier alpha value is -1.70. The molecule has 2 heteroatoms. The maximum Gasteiger partial charge on any atom is 0.168 e. The van der Waals surface area contributed by atoms with Crippen molar-refractivity contribution in [3.8, 4) is 0 Å². The average molecular weight is 239 g/mol. The molecule has 0 amide bonds. The number of hydrogen-bond acceptors (Lipinski definition) is 2. The minimum Gasteiger partial charge on any atom is -0.294 e. The molecule has 3 rings (SSSR count). The Morgan fingerprint density at radius 2 is 1.83 bits per heavy atom. The largest absolute Gasteiger partial charge is 0.294 e. The number of carbonyl (C=O) groups excluding carboxylic acids is 1. The molecule has 1 aromatic heterocycles. The van der Waals surface area contributed by atoms with Gasteiger partial charge in [-0.25, -0.2) is 0 Å². The third-order valence-electron chi connectivity index (χ3n) is 3.91. The molecule has 0 spiro atoms. The van der Waals surface area contributed by atoms with Gasteiger partial charge in [0.2, 0.25) is 0 Å². The summed E-state index contributed by atoms with van der Waals surface area (Å²) < 4.78 is 0. The maximum atomic E-state index is 12.6. The number of nitrogens with zero attached hydrogens (tertiary/aromatic N) is 1. The van der Waals surface area contributed by atoms with Gasteiger partial charge < -0.3 is 0 Å². The van der Waals surface area contributed by atoms with Crippen LogP contribution in [0.3, 0.4) is 0 Å². The van der Waals surface area contributed by atoms with E-state index in [0.29, 0.717) is 5.78 Å². The van der Waals surface area contributed by atoms with Crippen LogP contribution < -0.4 is 0 Å². The van der Waals surface area contributed by atoms with E-state index in [1.165, 1.54) is 19.3 Å². The number of fused-ring (bicyclic) bond motifs is 1. The van der Waals surface area contributed by atoms with Crippen molar-refractivity contribution in [2.75, 3.05) is 0 Å². The predicted octanol–water partition coefficient (Wildman–Crippen LogP) is 4.00. The summed E-state index contributed by atoms with van der Waals surface area (Å²) in [5.41, 5.74) is 0.806. The maximum absolute atomic E-state index is 12.6. The molecule has 92 valence electrons. The van der Waals surface area contributed by atoms with Crippen molar-refractivity contribution in [2.24, 2.45) is 5.92 Å². The second-order valence-corrected chi connectivity index (χ2v) is 5.11. The second kappa shape index (κ2) is 4.89. The lowest BCUT2D eigenvalue weighted by atomic mass is 9.83. The lowest BCUT2D eigenvalue weighted by molar-refractivity contribution is 0.0891. The van der Waals surface area contributed by atoms with E-state index in [-0.39, 0.29) is 5.92 Å². The molecule has 1 aromatic carbocycles. The first-order valence-electron chi connectivity index (χ1n) is 6.73. The molecule has 2 nitrogen and oxygen atoms in total. The molecule has 0 aliphatic heterocycles. The fraction of sp³-hybridized carbons (Fsp3) is 0.375. The summed E-state index contributed by atoms with van der Waals surface area (Å²) in [6.45, 7) is 0. The Balaban J connectivity index is 2.00. The molecule has 0 unspecified atom stereocenters. The molecular weight excluding hydrogens is 222 g/mol. The summed E-state index contributed by atoms with van der Waals surface area (Å²) in [5, 5.41) is 2.10. The topological polar surface area (TPSA) is 30.0 Å². The highest BCUT2D eigenvalue weighted by molar-refractivity contribution is 6.08. The van der Waals surface area contributed by atoms with Gasteiger partial charge in [-0.15, -0.1) is 0 Å². The third-order valence-corrected chi connectivity index (χ3v) is 3.91. The van der Waals surface area contributed by atoms with Crippen LogP contribution in [0.5, 0.6) is 0 Å². The SMILES string of the molecule is O=C(c1cncc2ccccc12)C1CCCCC1. The monoisotopic (exact) mass is 239 g/mol. The number of carbonyl (C=O) groups is 1. The van der Waals surface area contributed by atoms with E-state index in [1.807, 2.05) is 30.5 Å². The van der Waals surface area contributed by atoms with Crippen molar-refractivity contribution in [1.29, 1.82) is 0 Å². The van der Waals surface area contributed by atoms with Crippen LogP contribution in [0.4, 0.5) is 0 Å². The van der Waals surface area contributed by atoms with Crippen molar-refractivity contribution in [2.45, 2.75) is 32.1 Å². The lowest BCUT2D eigenvalue weighted by Crippen LogP contribution is -2.18. The van der Waals surface area contributed by atoms with Crippen LogP contribution >= 0.6 is 0 Å². The van der Waals surface area contributed by atoms with Crippen LogP contribution in [-0.2, 0) is 0 Å². The van der Waals surface area contributed by atoms with Gasteiger partial charge in [0, 0.05) is 29.3 Å². The summed E-state index contributed by atoms with van der Waals surface area (Å²) in [7, 11) is 0. The van der Waals surface area contributed by atoms with Gasteiger partial charge in [-0.1, -0.05) is 43.5 Å². The Morgan fingerprint density at radius 1 is 1.06 bits per heavy atom. The Bertz CT molecular complexity index is 565. The van der Waals surface area contributed by atoms with Crippen molar-refractivity contribution in [3.63, 3.8) is 0 Å². The standard InChI is InChI=1S/C16H17NO/c18-16(12-6-2-1-3-7-12)15-11-17-10-13-8-4-5-9-14(13)15/h4-5,8-12H,1-3,6-7H2. The van der Waals surface area contributed by atoms with E-state index < -0.39 is 0 Å². The summed E-state index contributed by atoms with van der Waals surface area (Å²) >= 11 is 0. The Morgan fingerprint density at radius 3 is 2.67 bits per heavy atom. The molecule has 18 heavy (non-hydrogen) atoms. The van der Waals surface area contributed by atoms with Gasteiger partial charge in [-0.3, -0.25) is 9.78 Å². The summed E-state index contributed by atoms with van der Waals surface area (Å²) in [6, 6.07) is 8.01. The molecule has 1 aliphatic carbocycles. The first-order valence-corrected chi connectivity index (χ1v) is 6.73. The van der Waals surface area contributed by atoms with E-state index in [2.05, 4.69) is 4.98 Å². The van der Waals surface area contributed by atoms with Gasteiger partial charge in [0.05, 0.1) is 0 Å². The molecular formula is C16H17NO. The fourth-order valence-electron chi connectivity index (χ4n) is 2.90. The average Bonchev–Trinajstić information content (AvgIpc) is 2.47. The summed E-state index contributed by atoms with van der Waals surface area (Å²) in [6.07, 6.45) is 9.30. The first-order chi connectivity index (χ1) is 8.86. The number of rotatable bonds is 2. The molecule has 2 aromatic rings. The molecule has 0 saturated heterocycles. The number of hydrogen-bond donors (Lipinski definition) is 0. The van der Waals surface area contributed by atoms with Crippen molar-refractivity contribution < 1.29 is 4.79 Å². The molecule has 1 saturated carbocycles. The molecule has 0 bridgehead atoms. The van der Waals surface area contributed by atoms with Gasteiger partial charge in [0.25, 0.3) is 0 Å². The van der Waals surface area contributed by atoms with Crippen LogP contribution in [-0.4, -0.2) is 10.8 Å². The van der Waals surface area contributed by atoms with Crippen molar-refractivity contribution in [1.82, 2.24) is 4.98 Å². The zero-order valence-corrected chi connectivity index (χ0v) is 10.4. The van der Waals surface area contributed by atoms with E-state index in [4.69, 9.17) is 0 Å². The summed E-state index contributed by atoms with van der Waals surface area (Å²) in [5.74, 6) is 0.505. The van der Waals surface area contributed by atoms with E-state index >= 15 is 0 Å². The smallest absolute Gasteiger partial charge is 0.168 e. The van der Waals surface area contributed by atoms with Crippen LogP contribution in [0.2, 0.25) is 0 Å². The minimum absolute atomic E-state index is 0.214. The highest BCUT2D eigenvalue weighted by atomic mass is 16.1. The third kappa shape index (κ3) is 2.03. The van der Waals surface area contributed by atoms with E-state index in [1.54, 1.807) is 6.20 Å². The van der Waals surface area contributed by atoms with Crippen LogP contribution in [0, 0.1) is 5.92 Å². The van der Waals surface area contributed by atoms with Gasteiger partial charge in [-0.2, -0.15) is 0 Å². The van der Waals surface area contributed by atoms with Crippen molar-refractivity contribution in [3.05, 3.63) is 42.2 Å². The predicted molar refractivity (Wildman–Crippen MR) is 72.6 cm³/mol. The highest BCUT2D eigenvalue weighted by Crippen LogP contribution is 2.29.